The summed E-state index contributed by atoms with van der Waals surface area (Å²) in [5, 5.41) is 11.2. The highest BCUT2D eigenvalue weighted by atomic mass is 19.4. The molecule has 0 aliphatic carbocycles. The number of halogens is 9. The van der Waals surface area contributed by atoms with Gasteiger partial charge in [0.05, 0.1) is 18.7 Å². The Morgan fingerprint density at radius 3 is 2.37 bits per heavy atom. The van der Waals surface area contributed by atoms with Crippen LogP contribution in [0.5, 0.6) is 5.75 Å². The Kier molecular flexibility index (Phi) is 8.94. The normalized spacial score (nSPS) is 15.5. The van der Waals surface area contributed by atoms with Gasteiger partial charge in [-0.1, -0.05) is 6.07 Å². The number of alkyl halides is 9. The highest BCUT2D eigenvalue weighted by Gasteiger charge is 2.49. The number of ether oxygens (including phenoxy) is 3. The molecule has 8 nitrogen and oxygen atoms in total. The van der Waals surface area contributed by atoms with Crippen molar-refractivity contribution in [2.45, 2.75) is 25.0 Å². The smallest absolute Gasteiger partial charge is 0.492 e. The molecule has 35 heavy (non-hydrogen) atoms. The fraction of sp³-hybridized carbons (Fsp3) is 0.500. The third-order valence-corrected chi connectivity index (χ3v) is 4.21. The lowest BCUT2D eigenvalue weighted by Gasteiger charge is -2.30. The average Bonchev–Trinajstić information content (AvgIpc) is 3.17. The number of amides is 1. The predicted molar refractivity (Wildman–Crippen MR) is 97.2 cm³/mol. The van der Waals surface area contributed by atoms with E-state index in [0.717, 1.165) is 23.2 Å². The van der Waals surface area contributed by atoms with Crippen LogP contribution in [0, 0.1) is 0 Å². The van der Waals surface area contributed by atoms with Gasteiger partial charge >= 0.3 is 24.7 Å². The number of hydrazine groups is 1. The summed E-state index contributed by atoms with van der Waals surface area (Å²) in [5.41, 5.74) is -0.958. The lowest BCUT2D eigenvalue weighted by atomic mass is 10.2. The molecule has 0 spiro atoms. The number of nitrogens with zero attached hydrogens (tertiary/aromatic N) is 3. The number of benzene rings is 1. The fourth-order valence-electron chi connectivity index (χ4n) is 2.65. The van der Waals surface area contributed by atoms with E-state index in [4.69, 9.17) is 4.74 Å². The molecule has 0 saturated heterocycles. The monoisotopic (exact) mass is 527 g/mol. The van der Waals surface area contributed by atoms with Crippen molar-refractivity contribution in [1.29, 1.82) is 0 Å². The molecule has 198 valence electrons. The van der Waals surface area contributed by atoms with Crippen molar-refractivity contribution in [3.05, 3.63) is 42.2 Å². The zero-order valence-electron chi connectivity index (χ0n) is 17.4. The van der Waals surface area contributed by atoms with Crippen molar-refractivity contribution in [2.75, 3.05) is 33.0 Å². The SMILES string of the molecule is O=C(O)N(CCOc1cccc(C(F)(F)F)c1)N1C=CN(CCOC(F)(F)C(F)OC(F)(F)F)C1. The summed E-state index contributed by atoms with van der Waals surface area (Å²) in [7, 11) is 0. The minimum atomic E-state index is -5.64. The van der Waals surface area contributed by atoms with Gasteiger partial charge in [0.15, 0.2) is 0 Å². The van der Waals surface area contributed by atoms with E-state index in [-0.39, 0.29) is 25.6 Å². The first-order valence-electron chi connectivity index (χ1n) is 9.48. The van der Waals surface area contributed by atoms with Gasteiger partial charge in [-0.3, -0.25) is 5.01 Å². The largest absolute Gasteiger partial charge is 0.525 e. The standard InChI is InChI=1S/C18H18F9N3O5/c19-14(35-18(25,26)27)17(23,24)34-9-6-28-4-5-29(11-28)30(15(31)32)7-8-33-13-3-1-2-12(10-13)16(20,21)22/h1-5,10,14H,6-9,11H2,(H,31,32). The highest BCUT2D eigenvalue weighted by Crippen LogP contribution is 2.32. The van der Waals surface area contributed by atoms with Crippen LogP contribution in [-0.4, -0.2) is 77.9 Å². The van der Waals surface area contributed by atoms with Gasteiger partial charge in [0.1, 0.15) is 19.0 Å². The number of hydrogen-bond donors (Lipinski definition) is 1. The second-order valence-electron chi connectivity index (χ2n) is 6.76. The number of carboxylic acid groups (broad SMARTS) is 1. The molecule has 0 radical (unpaired) electrons. The molecule has 1 unspecified atom stereocenters. The summed E-state index contributed by atoms with van der Waals surface area (Å²) in [6.45, 7) is -2.25. The molecule has 0 aromatic heterocycles. The van der Waals surface area contributed by atoms with E-state index >= 15 is 0 Å². The molecule has 1 N–H and O–H groups in total. The fourth-order valence-corrected chi connectivity index (χ4v) is 2.65. The van der Waals surface area contributed by atoms with E-state index in [1.165, 1.54) is 23.4 Å². The second kappa shape index (κ2) is 11.1. The van der Waals surface area contributed by atoms with Crippen LogP contribution in [0.2, 0.25) is 0 Å². The maximum Gasteiger partial charge on any atom is 0.525 e. The molecular formula is C18H18F9N3O5. The summed E-state index contributed by atoms with van der Waals surface area (Å²) in [4.78, 5) is 12.7. The Labute approximate surface area is 191 Å². The van der Waals surface area contributed by atoms with Crippen LogP contribution in [0.25, 0.3) is 0 Å². The Hall–Kier alpha value is -3.08. The second-order valence-corrected chi connectivity index (χ2v) is 6.76. The van der Waals surface area contributed by atoms with E-state index in [9.17, 15) is 49.4 Å². The van der Waals surface area contributed by atoms with E-state index in [0.29, 0.717) is 5.01 Å². The van der Waals surface area contributed by atoms with Crippen molar-refractivity contribution in [1.82, 2.24) is 14.9 Å². The van der Waals surface area contributed by atoms with Crippen molar-refractivity contribution in [3.63, 3.8) is 0 Å². The third kappa shape index (κ3) is 8.89. The lowest BCUT2D eigenvalue weighted by molar-refractivity contribution is -0.423. The molecule has 2 rings (SSSR count). The van der Waals surface area contributed by atoms with Crippen molar-refractivity contribution < 1.29 is 63.6 Å². The molecule has 17 heteroatoms. The number of rotatable bonds is 11. The van der Waals surface area contributed by atoms with Crippen LogP contribution in [-0.2, 0) is 15.7 Å². The molecule has 1 aliphatic rings. The van der Waals surface area contributed by atoms with Gasteiger partial charge in [-0.25, -0.2) is 18.9 Å². The minimum absolute atomic E-state index is 0.150. The van der Waals surface area contributed by atoms with E-state index < -0.39 is 49.8 Å². The molecule has 1 aromatic rings. The summed E-state index contributed by atoms with van der Waals surface area (Å²) in [5.74, 6) is -0.150. The summed E-state index contributed by atoms with van der Waals surface area (Å²) in [6, 6.07) is 3.92. The Morgan fingerprint density at radius 2 is 1.77 bits per heavy atom. The Balaban J connectivity index is 1.82. The van der Waals surface area contributed by atoms with E-state index in [1.807, 2.05) is 0 Å². The molecule has 0 fully saturated rings. The van der Waals surface area contributed by atoms with Gasteiger partial charge < -0.3 is 19.5 Å². The highest BCUT2D eigenvalue weighted by molar-refractivity contribution is 5.64. The van der Waals surface area contributed by atoms with Gasteiger partial charge in [-0.2, -0.15) is 22.0 Å². The molecule has 1 atom stereocenters. The van der Waals surface area contributed by atoms with Crippen molar-refractivity contribution in [3.8, 4) is 5.75 Å². The lowest BCUT2D eigenvalue weighted by Crippen LogP contribution is -2.46. The van der Waals surface area contributed by atoms with Crippen LogP contribution < -0.4 is 4.74 Å². The summed E-state index contributed by atoms with van der Waals surface area (Å²) < 4.78 is 125. The molecular weight excluding hydrogens is 509 g/mol. The third-order valence-electron chi connectivity index (χ3n) is 4.21. The Bertz CT molecular complexity index is 882. The molecule has 0 saturated carbocycles. The first-order chi connectivity index (χ1) is 16.1. The van der Waals surface area contributed by atoms with Crippen molar-refractivity contribution >= 4 is 6.09 Å². The maximum absolute atomic E-state index is 13.3. The first kappa shape index (κ1) is 28.2. The van der Waals surface area contributed by atoms with Crippen LogP contribution >= 0.6 is 0 Å². The topological polar surface area (TPSA) is 74.7 Å². The zero-order valence-corrected chi connectivity index (χ0v) is 17.4. The van der Waals surface area contributed by atoms with Gasteiger partial charge in [0, 0.05) is 18.9 Å². The minimum Gasteiger partial charge on any atom is -0.492 e. The van der Waals surface area contributed by atoms with Crippen LogP contribution in [0.15, 0.2) is 36.7 Å². The van der Waals surface area contributed by atoms with Gasteiger partial charge in [0.2, 0.25) is 0 Å². The molecule has 1 heterocycles. The van der Waals surface area contributed by atoms with Crippen LogP contribution in [0.4, 0.5) is 44.3 Å². The predicted octanol–water partition coefficient (Wildman–Crippen LogP) is 4.47. The molecule has 0 bridgehead atoms. The van der Waals surface area contributed by atoms with E-state index in [1.54, 1.807) is 0 Å². The quantitative estimate of drug-likeness (QED) is 0.426. The van der Waals surface area contributed by atoms with Gasteiger partial charge in [0.25, 0.3) is 6.36 Å². The van der Waals surface area contributed by atoms with Crippen LogP contribution in [0.1, 0.15) is 5.56 Å². The average molecular weight is 527 g/mol. The summed E-state index contributed by atoms with van der Waals surface area (Å²) >= 11 is 0. The maximum atomic E-state index is 13.3. The first-order valence-corrected chi connectivity index (χ1v) is 9.48. The van der Waals surface area contributed by atoms with Crippen molar-refractivity contribution in [2.24, 2.45) is 0 Å². The van der Waals surface area contributed by atoms with Gasteiger partial charge in [-0.15, -0.1) is 13.2 Å². The number of hydrogen-bond acceptors (Lipinski definition) is 6. The Morgan fingerprint density at radius 1 is 1.09 bits per heavy atom. The molecule has 1 aliphatic heterocycles. The van der Waals surface area contributed by atoms with Gasteiger partial charge in [-0.05, 0) is 18.2 Å². The summed E-state index contributed by atoms with van der Waals surface area (Å²) in [6.07, 6.45) is -18.3. The molecule has 1 amide bonds. The number of carbonyl (C=O) groups is 1. The molecule has 1 aromatic carbocycles. The van der Waals surface area contributed by atoms with Crippen LogP contribution in [0.3, 0.4) is 0 Å². The van der Waals surface area contributed by atoms with E-state index in [2.05, 4.69) is 9.47 Å². The zero-order chi connectivity index (χ0) is 26.4.